The summed E-state index contributed by atoms with van der Waals surface area (Å²) in [7, 11) is 1.79. The molecule has 0 aromatic carbocycles. The zero-order chi connectivity index (χ0) is 8.97. The maximum absolute atomic E-state index is 10.2. The highest BCUT2D eigenvalue weighted by atomic mass is 16.4. The molecule has 74 valence electrons. The lowest BCUT2D eigenvalue weighted by molar-refractivity contribution is -0.137. The monoisotopic (exact) mass is 185 g/mol. The largest absolute Gasteiger partial charge is 0.481 e. The van der Waals surface area contributed by atoms with E-state index in [-0.39, 0.29) is 13.8 Å². The predicted molar refractivity (Wildman–Crippen MR) is 48.3 cm³/mol. The second kappa shape index (κ2) is 5.29. The van der Waals surface area contributed by atoms with Crippen molar-refractivity contribution in [3.8, 4) is 0 Å². The Labute approximate surface area is 77.4 Å². The van der Waals surface area contributed by atoms with Gasteiger partial charge in [-0.25, -0.2) is 0 Å². The summed E-state index contributed by atoms with van der Waals surface area (Å²) < 4.78 is 1.61. The van der Waals surface area contributed by atoms with Crippen LogP contribution in [0.3, 0.4) is 0 Å². The molecule has 0 bridgehead atoms. The van der Waals surface area contributed by atoms with Crippen molar-refractivity contribution in [2.45, 2.75) is 26.7 Å². The van der Waals surface area contributed by atoms with E-state index in [0.29, 0.717) is 12.8 Å². The van der Waals surface area contributed by atoms with Crippen molar-refractivity contribution in [1.29, 1.82) is 0 Å². The molecule has 0 radical (unpaired) electrons. The number of aromatic nitrogens is 3. The van der Waals surface area contributed by atoms with Gasteiger partial charge in [0.15, 0.2) is 0 Å². The third kappa shape index (κ3) is 4.25. The molecule has 1 aromatic heterocycles. The van der Waals surface area contributed by atoms with Crippen LogP contribution < -0.4 is 0 Å². The SMILES string of the molecule is C.Cn1cc(CCCC(=O)O)nn1. The van der Waals surface area contributed by atoms with E-state index in [1.54, 1.807) is 17.9 Å². The van der Waals surface area contributed by atoms with Crippen LogP contribution in [-0.4, -0.2) is 26.1 Å². The van der Waals surface area contributed by atoms with Gasteiger partial charge in [0.25, 0.3) is 0 Å². The Hall–Kier alpha value is -1.39. The molecule has 5 nitrogen and oxygen atoms in total. The summed E-state index contributed by atoms with van der Waals surface area (Å²) >= 11 is 0. The van der Waals surface area contributed by atoms with E-state index in [1.165, 1.54) is 0 Å². The van der Waals surface area contributed by atoms with E-state index in [0.717, 1.165) is 5.69 Å². The molecule has 0 aliphatic heterocycles. The van der Waals surface area contributed by atoms with Gasteiger partial charge in [-0.2, -0.15) is 0 Å². The van der Waals surface area contributed by atoms with Crippen molar-refractivity contribution >= 4 is 5.97 Å². The highest BCUT2D eigenvalue weighted by Crippen LogP contribution is 1.99. The third-order valence-electron chi connectivity index (χ3n) is 1.47. The van der Waals surface area contributed by atoms with Crippen LogP contribution in [0.25, 0.3) is 0 Å². The van der Waals surface area contributed by atoms with E-state index in [9.17, 15) is 4.79 Å². The molecule has 1 heterocycles. The quantitative estimate of drug-likeness (QED) is 0.755. The molecule has 0 aliphatic rings. The number of hydrogen-bond acceptors (Lipinski definition) is 3. The Bertz CT molecular complexity index is 270. The van der Waals surface area contributed by atoms with Crippen LogP contribution in [-0.2, 0) is 18.3 Å². The first-order chi connectivity index (χ1) is 5.68. The Balaban J connectivity index is 0.00000144. The van der Waals surface area contributed by atoms with Crippen molar-refractivity contribution in [2.75, 3.05) is 0 Å². The zero-order valence-electron chi connectivity index (χ0n) is 6.90. The van der Waals surface area contributed by atoms with Crippen molar-refractivity contribution in [2.24, 2.45) is 7.05 Å². The zero-order valence-corrected chi connectivity index (χ0v) is 6.90. The molecular weight excluding hydrogens is 170 g/mol. The molecular formula is C8H15N3O2. The Kier molecular flexibility index (Phi) is 4.72. The molecule has 13 heavy (non-hydrogen) atoms. The van der Waals surface area contributed by atoms with Gasteiger partial charge < -0.3 is 5.11 Å². The average molecular weight is 185 g/mol. The lowest BCUT2D eigenvalue weighted by Crippen LogP contribution is -1.95. The number of hydrogen-bond donors (Lipinski definition) is 1. The van der Waals surface area contributed by atoms with Gasteiger partial charge in [0, 0.05) is 19.7 Å². The van der Waals surface area contributed by atoms with E-state index < -0.39 is 5.97 Å². The van der Waals surface area contributed by atoms with Crippen LogP contribution in [0.4, 0.5) is 0 Å². The summed E-state index contributed by atoms with van der Waals surface area (Å²) in [6.07, 6.45) is 3.28. The summed E-state index contributed by atoms with van der Waals surface area (Å²) in [5.41, 5.74) is 0.846. The van der Waals surface area contributed by atoms with Crippen molar-refractivity contribution in [3.63, 3.8) is 0 Å². The fraction of sp³-hybridized carbons (Fsp3) is 0.625. The molecule has 0 aliphatic carbocycles. The number of nitrogens with zero attached hydrogens (tertiary/aromatic N) is 3. The minimum absolute atomic E-state index is 0. The van der Waals surface area contributed by atoms with Crippen molar-refractivity contribution in [3.05, 3.63) is 11.9 Å². The number of aliphatic carboxylic acids is 1. The van der Waals surface area contributed by atoms with Gasteiger partial charge in [0.05, 0.1) is 5.69 Å². The van der Waals surface area contributed by atoms with Crippen molar-refractivity contribution < 1.29 is 9.90 Å². The highest BCUT2D eigenvalue weighted by molar-refractivity contribution is 5.66. The predicted octanol–water partition coefficient (Wildman–Crippen LogP) is 0.858. The first kappa shape index (κ1) is 11.6. The van der Waals surface area contributed by atoms with E-state index in [4.69, 9.17) is 5.11 Å². The van der Waals surface area contributed by atoms with Gasteiger partial charge >= 0.3 is 5.97 Å². The van der Waals surface area contributed by atoms with Gasteiger partial charge in [-0.3, -0.25) is 9.48 Å². The lowest BCUT2D eigenvalue weighted by Gasteiger charge is -1.91. The number of carboxylic acids is 1. The molecule has 5 heteroatoms. The van der Waals surface area contributed by atoms with Crippen LogP contribution in [0, 0.1) is 0 Å². The highest BCUT2D eigenvalue weighted by Gasteiger charge is 2.00. The third-order valence-corrected chi connectivity index (χ3v) is 1.47. The second-order valence-corrected chi connectivity index (χ2v) is 2.63. The summed E-state index contributed by atoms with van der Waals surface area (Å²) in [5.74, 6) is -0.765. The molecule has 1 aromatic rings. The number of carbonyl (C=O) groups is 1. The standard InChI is InChI=1S/C7H11N3O2.CH4/c1-10-5-6(8-9-10)3-2-4-7(11)12;/h5H,2-4H2,1H3,(H,11,12);1H4. The molecule has 0 atom stereocenters. The second-order valence-electron chi connectivity index (χ2n) is 2.63. The fourth-order valence-electron chi connectivity index (χ4n) is 0.931. The summed E-state index contributed by atoms with van der Waals surface area (Å²) in [5, 5.41) is 15.9. The Morgan fingerprint density at radius 1 is 1.69 bits per heavy atom. The Morgan fingerprint density at radius 3 is 2.85 bits per heavy atom. The van der Waals surface area contributed by atoms with Gasteiger partial charge in [-0.05, 0) is 12.8 Å². The molecule has 0 unspecified atom stereocenters. The van der Waals surface area contributed by atoms with Crippen LogP contribution in [0.1, 0.15) is 26.0 Å². The minimum Gasteiger partial charge on any atom is -0.481 e. The van der Waals surface area contributed by atoms with Gasteiger partial charge in [-0.1, -0.05) is 12.6 Å². The summed E-state index contributed by atoms with van der Waals surface area (Å²) in [6, 6.07) is 0. The molecule has 0 fully saturated rings. The molecule has 0 saturated carbocycles. The average Bonchev–Trinajstić information content (AvgIpc) is 2.35. The fourth-order valence-corrected chi connectivity index (χ4v) is 0.931. The van der Waals surface area contributed by atoms with Gasteiger partial charge in [0.2, 0.25) is 0 Å². The minimum atomic E-state index is -0.765. The Morgan fingerprint density at radius 2 is 2.38 bits per heavy atom. The molecule has 0 amide bonds. The molecule has 0 saturated heterocycles. The van der Waals surface area contributed by atoms with Gasteiger partial charge in [0.1, 0.15) is 0 Å². The summed E-state index contributed by atoms with van der Waals surface area (Å²) in [6.45, 7) is 0. The lowest BCUT2D eigenvalue weighted by atomic mass is 10.2. The van der Waals surface area contributed by atoms with Crippen molar-refractivity contribution in [1.82, 2.24) is 15.0 Å². The molecule has 1 N–H and O–H groups in total. The molecule has 0 spiro atoms. The van der Waals surface area contributed by atoms with Gasteiger partial charge in [-0.15, -0.1) is 5.10 Å². The summed E-state index contributed by atoms with van der Waals surface area (Å²) in [4.78, 5) is 10.2. The van der Waals surface area contributed by atoms with Crippen LogP contribution in [0.5, 0.6) is 0 Å². The smallest absolute Gasteiger partial charge is 0.303 e. The van der Waals surface area contributed by atoms with Crippen LogP contribution in [0.2, 0.25) is 0 Å². The number of rotatable bonds is 4. The maximum Gasteiger partial charge on any atom is 0.303 e. The van der Waals surface area contributed by atoms with E-state index >= 15 is 0 Å². The van der Waals surface area contributed by atoms with Crippen LogP contribution in [0.15, 0.2) is 6.20 Å². The van der Waals surface area contributed by atoms with Crippen LogP contribution >= 0.6 is 0 Å². The maximum atomic E-state index is 10.2. The molecule has 1 rings (SSSR count). The number of aryl methyl sites for hydroxylation is 2. The first-order valence-electron chi connectivity index (χ1n) is 3.75. The number of carboxylic acid groups (broad SMARTS) is 1. The topological polar surface area (TPSA) is 68.0 Å². The van der Waals surface area contributed by atoms with E-state index in [1.807, 2.05) is 0 Å². The first-order valence-corrected chi connectivity index (χ1v) is 3.75. The van der Waals surface area contributed by atoms with E-state index in [2.05, 4.69) is 10.3 Å². The normalized spacial score (nSPS) is 9.31.